The van der Waals surface area contributed by atoms with Crippen molar-refractivity contribution >= 4 is 34.5 Å². The summed E-state index contributed by atoms with van der Waals surface area (Å²) in [6.07, 6.45) is 3.18. The summed E-state index contributed by atoms with van der Waals surface area (Å²) in [5.74, 6) is -1.08. The summed E-state index contributed by atoms with van der Waals surface area (Å²) in [6.45, 7) is 8.00. The molecule has 43 heavy (non-hydrogen) atoms. The molecule has 0 bridgehead atoms. The SMILES string of the molecule is CC.CC.CNc1ccc(Oc2ccnc3cc(O)c(OC)cc23)c(F)c1.O=CC1(C(=O)Nc2ccc(F)cc2O)CC1. The number of halogens is 2. The van der Waals surface area contributed by atoms with Crippen molar-refractivity contribution in [2.75, 3.05) is 24.8 Å². The fourth-order valence-electron chi connectivity index (χ4n) is 3.64. The second kappa shape index (κ2) is 15.9. The standard InChI is InChI=1S/C17H15FN2O3.C11H10FNO3.2C2H6/c1-19-10-3-4-16(12(18)7-10)23-15-5-6-20-13-9-14(21)17(22-2)8-11(13)15;12-7-1-2-8(9(15)5-7)13-10(16)11(6-14)3-4-11;2*1-2/h3-9,19,21H,1-2H3;1-2,5-6,15H,3-4H2,(H,13,16);2*1-2H3. The van der Waals surface area contributed by atoms with Crippen molar-refractivity contribution < 1.29 is 38.1 Å². The molecule has 0 atom stereocenters. The molecule has 1 aromatic heterocycles. The molecule has 0 aliphatic heterocycles. The van der Waals surface area contributed by atoms with Crippen LogP contribution in [0.3, 0.4) is 0 Å². The first-order valence-corrected chi connectivity index (χ1v) is 13.8. The zero-order valence-electron chi connectivity index (χ0n) is 25.0. The van der Waals surface area contributed by atoms with Crippen LogP contribution in [-0.4, -0.2) is 41.5 Å². The lowest BCUT2D eigenvalue weighted by Crippen LogP contribution is -2.25. The van der Waals surface area contributed by atoms with Crippen LogP contribution in [0.2, 0.25) is 0 Å². The van der Waals surface area contributed by atoms with E-state index >= 15 is 0 Å². The Bertz CT molecular complexity index is 1540. The van der Waals surface area contributed by atoms with Crippen LogP contribution in [-0.2, 0) is 9.59 Å². The predicted molar refractivity (Wildman–Crippen MR) is 163 cm³/mol. The predicted octanol–water partition coefficient (Wildman–Crippen LogP) is 7.42. The van der Waals surface area contributed by atoms with Crippen molar-refractivity contribution in [2.24, 2.45) is 5.41 Å². The van der Waals surface area contributed by atoms with Crippen molar-refractivity contribution in [2.45, 2.75) is 40.5 Å². The van der Waals surface area contributed by atoms with E-state index in [1.165, 1.54) is 31.5 Å². The van der Waals surface area contributed by atoms with Crippen molar-refractivity contribution in [3.05, 3.63) is 72.4 Å². The van der Waals surface area contributed by atoms with Crippen LogP contribution < -0.4 is 20.1 Å². The first kappa shape index (κ1) is 34.3. The van der Waals surface area contributed by atoms with Crippen LogP contribution in [0.15, 0.2) is 60.8 Å². The number of aromatic nitrogens is 1. The maximum absolute atomic E-state index is 14.1. The molecule has 0 saturated heterocycles. The summed E-state index contributed by atoms with van der Waals surface area (Å²) >= 11 is 0. The smallest absolute Gasteiger partial charge is 0.237 e. The van der Waals surface area contributed by atoms with Gasteiger partial charge in [-0.2, -0.15) is 0 Å². The second-order valence-electron chi connectivity index (χ2n) is 8.74. The highest BCUT2D eigenvalue weighted by atomic mass is 19.1. The number of carbonyl (C=O) groups is 2. The number of amides is 1. The molecule has 1 saturated carbocycles. The molecule has 0 radical (unpaired) electrons. The maximum Gasteiger partial charge on any atom is 0.237 e. The molecule has 4 aromatic rings. The number of fused-ring (bicyclic) bond motifs is 1. The number of aldehydes is 1. The Kier molecular flexibility index (Phi) is 12.7. The van der Waals surface area contributed by atoms with Gasteiger partial charge >= 0.3 is 0 Å². The van der Waals surface area contributed by atoms with Crippen molar-refractivity contribution in [1.82, 2.24) is 4.98 Å². The van der Waals surface area contributed by atoms with Gasteiger partial charge in [-0.3, -0.25) is 9.78 Å². The minimum Gasteiger partial charge on any atom is -0.506 e. The van der Waals surface area contributed by atoms with Crippen LogP contribution in [0.4, 0.5) is 20.2 Å². The summed E-state index contributed by atoms with van der Waals surface area (Å²) in [6, 6.07) is 12.6. The fraction of sp³-hybridized carbons (Fsp3) is 0.281. The molecular weight excluding hydrogens is 560 g/mol. The van der Waals surface area contributed by atoms with Gasteiger partial charge in [-0.25, -0.2) is 8.78 Å². The number of hydrogen-bond acceptors (Lipinski definition) is 8. The first-order chi connectivity index (χ1) is 20.7. The third kappa shape index (κ3) is 8.54. The van der Waals surface area contributed by atoms with E-state index in [9.17, 15) is 28.6 Å². The van der Waals surface area contributed by atoms with Gasteiger partial charge in [0.15, 0.2) is 23.1 Å². The van der Waals surface area contributed by atoms with E-state index in [2.05, 4.69) is 15.6 Å². The van der Waals surface area contributed by atoms with Gasteiger partial charge in [0.1, 0.15) is 29.0 Å². The van der Waals surface area contributed by atoms with Crippen LogP contribution in [0.5, 0.6) is 28.7 Å². The molecule has 11 heteroatoms. The third-order valence-corrected chi connectivity index (χ3v) is 6.12. The van der Waals surface area contributed by atoms with Crippen molar-refractivity contribution in [3.63, 3.8) is 0 Å². The molecule has 1 aliphatic rings. The molecule has 1 heterocycles. The number of hydrogen-bond donors (Lipinski definition) is 4. The molecule has 0 unspecified atom stereocenters. The van der Waals surface area contributed by atoms with E-state index in [0.29, 0.717) is 47.2 Å². The quantitative estimate of drug-likeness (QED) is 0.0984. The number of nitrogens with one attached hydrogen (secondary N) is 2. The molecule has 4 N–H and O–H groups in total. The van der Waals surface area contributed by atoms with Gasteiger partial charge in [0.2, 0.25) is 5.91 Å². The van der Waals surface area contributed by atoms with Gasteiger partial charge in [-0.1, -0.05) is 27.7 Å². The Balaban J connectivity index is 0.000000283. The number of nitrogens with zero attached hydrogens (tertiary/aromatic N) is 1. The Labute approximate surface area is 249 Å². The van der Waals surface area contributed by atoms with Crippen LogP contribution in [0.25, 0.3) is 10.9 Å². The molecule has 3 aromatic carbocycles. The number of phenolic OH excluding ortho intramolecular Hbond substituents is 2. The Hall–Kier alpha value is -4.93. The highest BCUT2D eigenvalue weighted by Crippen LogP contribution is 2.44. The van der Waals surface area contributed by atoms with E-state index in [4.69, 9.17) is 9.47 Å². The molecule has 0 spiro atoms. The molecule has 1 fully saturated rings. The average molecular weight is 598 g/mol. The zero-order valence-corrected chi connectivity index (χ0v) is 25.0. The van der Waals surface area contributed by atoms with Gasteiger partial charge in [-0.05, 0) is 49.2 Å². The van der Waals surface area contributed by atoms with E-state index in [0.717, 1.165) is 12.1 Å². The molecule has 5 rings (SSSR count). The molecule has 1 aliphatic carbocycles. The largest absolute Gasteiger partial charge is 0.506 e. The Morgan fingerprint density at radius 3 is 2.19 bits per heavy atom. The first-order valence-electron chi connectivity index (χ1n) is 13.8. The normalized spacial score (nSPS) is 12.1. The van der Waals surface area contributed by atoms with E-state index in [1.54, 1.807) is 31.3 Å². The van der Waals surface area contributed by atoms with E-state index in [-0.39, 0.29) is 22.9 Å². The lowest BCUT2D eigenvalue weighted by Gasteiger charge is -2.12. The number of phenols is 2. The maximum atomic E-state index is 14.1. The number of ether oxygens (including phenoxy) is 2. The second-order valence-corrected chi connectivity index (χ2v) is 8.74. The van der Waals surface area contributed by atoms with Gasteiger partial charge in [0.25, 0.3) is 0 Å². The van der Waals surface area contributed by atoms with Gasteiger partial charge in [-0.15, -0.1) is 0 Å². The summed E-state index contributed by atoms with van der Waals surface area (Å²) in [5, 5.41) is 25.0. The summed E-state index contributed by atoms with van der Waals surface area (Å²) in [7, 11) is 3.17. The van der Waals surface area contributed by atoms with Crippen molar-refractivity contribution in [1.29, 1.82) is 0 Å². The van der Waals surface area contributed by atoms with Crippen LogP contribution >= 0.6 is 0 Å². The number of methoxy groups -OCH3 is 1. The topological polar surface area (TPSA) is 130 Å². The molecule has 1 amide bonds. The van der Waals surface area contributed by atoms with Crippen LogP contribution in [0, 0.1) is 17.0 Å². The minimum absolute atomic E-state index is 0.0193. The van der Waals surface area contributed by atoms with Gasteiger partial charge < -0.3 is 35.1 Å². The summed E-state index contributed by atoms with van der Waals surface area (Å²) in [4.78, 5) is 26.5. The lowest BCUT2D eigenvalue weighted by molar-refractivity contribution is -0.126. The Morgan fingerprint density at radius 2 is 1.63 bits per heavy atom. The van der Waals surface area contributed by atoms with Gasteiger partial charge in [0, 0.05) is 42.5 Å². The zero-order chi connectivity index (χ0) is 32.2. The summed E-state index contributed by atoms with van der Waals surface area (Å²) in [5.41, 5.74) is 0.342. The molecule has 230 valence electrons. The fourth-order valence-corrected chi connectivity index (χ4v) is 3.64. The average Bonchev–Trinajstić information content (AvgIpc) is 3.83. The van der Waals surface area contributed by atoms with E-state index < -0.39 is 23.0 Å². The lowest BCUT2D eigenvalue weighted by atomic mass is 10.1. The highest BCUT2D eigenvalue weighted by Gasteiger charge is 2.50. The minimum atomic E-state index is -0.944. The number of rotatable bonds is 7. The number of carbonyl (C=O) groups excluding carboxylic acids is 2. The number of pyridine rings is 1. The van der Waals surface area contributed by atoms with Gasteiger partial charge in [0.05, 0.1) is 18.3 Å². The molecular formula is C32H37F2N3O6. The number of aromatic hydroxyl groups is 2. The Morgan fingerprint density at radius 1 is 0.930 bits per heavy atom. The van der Waals surface area contributed by atoms with Crippen LogP contribution in [0.1, 0.15) is 40.5 Å². The van der Waals surface area contributed by atoms with Crippen molar-refractivity contribution in [3.8, 4) is 28.7 Å². The van der Waals surface area contributed by atoms with E-state index in [1.807, 2.05) is 27.7 Å². The monoisotopic (exact) mass is 597 g/mol. The third-order valence-electron chi connectivity index (χ3n) is 6.12. The highest BCUT2D eigenvalue weighted by molar-refractivity contribution is 6.07. The number of anilines is 2. The number of benzene rings is 3. The summed E-state index contributed by atoms with van der Waals surface area (Å²) < 4.78 is 37.5. The molecule has 9 nitrogen and oxygen atoms in total.